The third-order valence-corrected chi connectivity index (χ3v) is 2.08. The van der Waals surface area contributed by atoms with E-state index in [1.807, 2.05) is 6.07 Å². The number of unbranched alkanes of at least 4 members (excludes halogenated alkanes) is 1. The van der Waals surface area contributed by atoms with Gasteiger partial charge < -0.3 is 4.74 Å². The number of rotatable bonds is 6. The number of benzene rings is 1. The van der Waals surface area contributed by atoms with Crippen molar-refractivity contribution >= 4 is 11.6 Å². The van der Waals surface area contributed by atoms with Gasteiger partial charge in [0.15, 0.2) is 0 Å². The van der Waals surface area contributed by atoms with Crippen LogP contribution in [0.1, 0.15) is 18.4 Å². The van der Waals surface area contributed by atoms with E-state index in [-0.39, 0.29) is 0 Å². The number of halogens is 1. The van der Waals surface area contributed by atoms with Crippen LogP contribution in [0.5, 0.6) is 0 Å². The second-order valence-corrected chi connectivity index (χ2v) is 3.18. The van der Waals surface area contributed by atoms with Gasteiger partial charge in [-0.25, -0.2) is 0 Å². The number of alkyl halides is 1. The smallest absolute Gasteiger partial charge is 0.120 e. The molecule has 0 amide bonds. The lowest BCUT2D eigenvalue weighted by atomic mass is 10.1. The predicted molar refractivity (Wildman–Crippen MR) is 56.1 cm³/mol. The highest BCUT2D eigenvalue weighted by Crippen LogP contribution is 2.04. The van der Waals surface area contributed by atoms with Crippen molar-refractivity contribution in [3.8, 4) is 0 Å². The lowest BCUT2D eigenvalue weighted by molar-refractivity contribution is 0.174. The minimum atomic E-state index is 0.311. The van der Waals surface area contributed by atoms with Crippen molar-refractivity contribution in [2.75, 3.05) is 12.7 Å². The Bertz CT molecular complexity index is 211. The fourth-order valence-corrected chi connectivity index (χ4v) is 1.34. The molecule has 0 heterocycles. The number of ether oxygens (including phenoxy) is 1. The van der Waals surface area contributed by atoms with Crippen LogP contribution in [0.4, 0.5) is 0 Å². The fraction of sp³-hybridized carbons (Fsp3) is 0.455. The molecule has 0 aliphatic carbocycles. The highest BCUT2D eigenvalue weighted by molar-refractivity contribution is 6.17. The molecule has 0 saturated carbocycles. The molecular formula is C11H15ClO. The predicted octanol–water partition coefficient (Wildman–Crippen LogP) is 3.22. The third-order valence-electron chi connectivity index (χ3n) is 1.92. The van der Waals surface area contributed by atoms with Gasteiger partial charge in [-0.05, 0) is 24.8 Å². The van der Waals surface area contributed by atoms with E-state index in [2.05, 4.69) is 24.3 Å². The van der Waals surface area contributed by atoms with Crippen LogP contribution in [0.25, 0.3) is 0 Å². The number of hydrogen-bond acceptors (Lipinski definition) is 1. The number of aryl methyl sites for hydroxylation is 1. The van der Waals surface area contributed by atoms with Gasteiger partial charge in [-0.2, -0.15) is 0 Å². The zero-order valence-corrected chi connectivity index (χ0v) is 8.46. The van der Waals surface area contributed by atoms with E-state index in [1.54, 1.807) is 0 Å². The molecule has 1 nitrogen and oxygen atoms in total. The molecule has 1 aromatic rings. The molecule has 2 heteroatoms. The average molecular weight is 199 g/mol. The molecular weight excluding hydrogens is 184 g/mol. The highest BCUT2D eigenvalue weighted by Gasteiger charge is 1.91. The van der Waals surface area contributed by atoms with Crippen molar-refractivity contribution in [2.24, 2.45) is 0 Å². The summed E-state index contributed by atoms with van der Waals surface area (Å²) < 4.78 is 5.04. The molecule has 1 rings (SSSR count). The first-order chi connectivity index (χ1) is 6.43. The van der Waals surface area contributed by atoms with Crippen molar-refractivity contribution in [1.29, 1.82) is 0 Å². The summed E-state index contributed by atoms with van der Waals surface area (Å²) in [5.74, 6) is 0. The van der Waals surface area contributed by atoms with Gasteiger partial charge in [0.25, 0.3) is 0 Å². The standard InChI is InChI=1S/C11H15ClO/c12-10-13-9-5-4-8-11-6-2-1-3-7-11/h1-3,6-7H,4-5,8-10H2. The maximum Gasteiger partial charge on any atom is 0.120 e. The van der Waals surface area contributed by atoms with Crippen LogP contribution in [-0.2, 0) is 11.2 Å². The van der Waals surface area contributed by atoms with Crippen LogP contribution in [-0.4, -0.2) is 12.7 Å². The maximum absolute atomic E-state index is 5.38. The van der Waals surface area contributed by atoms with Crippen LogP contribution < -0.4 is 0 Å². The Morgan fingerprint density at radius 3 is 2.54 bits per heavy atom. The lowest BCUT2D eigenvalue weighted by Gasteiger charge is -2.01. The Hall–Kier alpha value is -0.530. The van der Waals surface area contributed by atoms with Crippen molar-refractivity contribution in [2.45, 2.75) is 19.3 Å². The van der Waals surface area contributed by atoms with E-state index in [9.17, 15) is 0 Å². The molecule has 0 unspecified atom stereocenters. The molecule has 72 valence electrons. The molecule has 0 bridgehead atoms. The molecule has 0 spiro atoms. The summed E-state index contributed by atoms with van der Waals surface area (Å²) >= 11 is 5.38. The van der Waals surface area contributed by atoms with Gasteiger partial charge in [0.1, 0.15) is 6.07 Å². The molecule has 0 aliphatic heterocycles. The monoisotopic (exact) mass is 198 g/mol. The van der Waals surface area contributed by atoms with Crippen molar-refractivity contribution in [1.82, 2.24) is 0 Å². The van der Waals surface area contributed by atoms with Gasteiger partial charge in [0.05, 0.1) is 0 Å². The number of hydrogen-bond donors (Lipinski definition) is 0. The van der Waals surface area contributed by atoms with Crippen molar-refractivity contribution < 1.29 is 4.74 Å². The van der Waals surface area contributed by atoms with E-state index in [0.29, 0.717) is 6.07 Å². The molecule has 1 aromatic carbocycles. The van der Waals surface area contributed by atoms with E-state index in [1.165, 1.54) is 12.0 Å². The zero-order valence-electron chi connectivity index (χ0n) is 7.71. The minimum absolute atomic E-state index is 0.311. The van der Waals surface area contributed by atoms with Gasteiger partial charge in [-0.1, -0.05) is 41.9 Å². The average Bonchev–Trinajstić information content (AvgIpc) is 2.19. The van der Waals surface area contributed by atoms with E-state index in [4.69, 9.17) is 16.3 Å². The van der Waals surface area contributed by atoms with Crippen LogP contribution in [0, 0.1) is 0 Å². The molecule has 0 N–H and O–H groups in total. The molecule has 13 heavy (non-hydrogen) atoms. The molecule has 0 fully saturated rings. The van der Waals surface area contributed by atoms with E-state index < -0.39 is 0 Å². The second-order valence-electron chi connectivity index (χ2n) is 2.96. The first-order valence-electron chi connectivity index (χ1n) is 4.61. The first-order valence-corrected chi connectivity index (χ1v) is 5.14. The van der Waals surface area contributed by atoms with Gasteiger partial charge in [0.2, 0.25) is 0 Å². The van der Waals surface area contributed by atoms with Crippen molar-refractivity contribution in [3.63, 3.8) is 0 Å². The lowest BCUT2D eigenvalue weighted by Crippen LogP contribution is -1.93. The molecule has 0 saturated heterocycles. The Morgan fingerprint density at radius 2 is 1.85 bits per heavy atom. The van der Waals surface area contributed by atoms with E-state index >= 15 is 0 Å². The molecule has 0 aromatic heterocycles. The van der Waals surface area contributed by atoms with Crippen LogP contribution >= 0.6 is 11.6 Å². The Balaban J connectivity index is 2.07. The summed E-state index contributed by atoms with van der Waals surface area (Å²) in [6, 6.07) is 10.8. The zero-order chi connectivity index (χ0) is 9.36. The Morgan fingerprint density at radius 1 is 1.08 bits per heavy atom. The summed E-state index contributed by atoms with van der Waals surface area (Å²) in [4.78, 5) is 0. The van der Waals surface area contributed by atoms with E-state index in [0.717, 1.165) is 19.4 Å². The SMILES string of the molecule is ClCOCCCCc1ccccc1. The minimum Gasteiger partial charge on any atom is -0.366 e. The summed E-state index contributed by atoms with van der Waals surface area (Å²) in [6.07, 6.45) is 3.38. The summed E-state index contributed by atoms with van der Waals surface area (Å²) in [5, 5.41) is 0. The van der Waals surface area contributed by atoms with Crippen LogP contribution in [0.15, 0.2) is 30.3 Å². The topological polar surface area (TPSA) is 9.23 Å². The third kappa shape index (κ3) is 4.91. The molecule has 0 radical (unpaired) electrons. The second kappa shape index (κ2) is 6.93. The first kappa shape index (κ1) is 10.6. The largest absolute Gasteiger partial charge is 0.366 e. The summed E-state index contributed by atoms with van der Waals surface area (Å²) in [5.41, 5.74) is 1.40. The van der Waals surface area contributed by atoms with Gasteiger partial charge in [0, 0.05) is 6.61 Å². The van der Waals surface area contributed by atoms with Crippen LogP contribution in [0.3, 0.4) is 0 Å². The van der Waals surface area contributed by atoms with Crippen molar-refractivity contribution in [3.05, 3.63) is 35.9 Å². The quantitative estimate of drug-likeness (QED) is 0.504. The summed E-state index contributed by atoms with van der Waals surface area (Å²) in [7, 11) is 0. The normalized spacial score (nSPS) is 10.2. The van der Waals surface area contributed by atoms with Gasteiger partial charge in [-0.15, -0.1) is 0 Å². The van der Waals surface area contributed by atoms with Crippen LogP contribution in [0.2, 0.25) is 0 Å². The Labute approximate surface area is 84.7 Å². The van der Waals surface area contributed by atoms with Gasteiger partial charge in [-0.3, -0.25) is 0 Å². The highest BCUT2D eigenvalue weighted by atomic mass is 35.5. The fourth-order valence-electron chi connectivity index (χ4n) is 1.23. The molecule has 0 atom stereocenters. The maximum atomic E-state index is 5.38. The summed E-state index contributed by atoms with van der Waals surface area (Å²) in [6.45, 7) is 0.774. The molecule has 0 aliphatic rings. The van der Waals surface area contributed by atoms with Gasteiger partial charge >= 0.3 is 0 Å². The Kier molecular flexibility index (Phi) is 5.62.